The summed E-state index contributed by atoms with van der Waals surface area (Å²) in [5, 5.41) is 2.98. The number of ether oxygens (including phenoxy) is 2. The third-order valence-electron chi connectivity index (χ3n) is 13.0. The molecule has 1 saturated heterocycles. The molecule has 60 heavy (non-hydrogen) atoms. The summed E-state index contributed by atoms with van der Waals surface area (Å²) in [5.74, 6) is -0.108. The van der Waals surface area contributed by atoms with Gasteiger partial charge < -0.3 is 24.7 Å². The SMILES string of the molecule is COC(=O)C[C@H](C(=O)N1CCC[C@H]1c1ncc(-c2ccc(-c3ccc(C4=CN=C([C@@H]5C6CCC(C6)[C@H]5C(=O)NCc5ccc(C(F)(F)F)nc5)C4)cc3)cc2)[nH]1)[C@@H](C)OC. The van der Waals surface area contributed by atoms with Gasteiger partial charge in [-0.05, 0) is 90.3 Å². The van der Waals surface area contributed by atoms with Gasteiger partial charge >= 0.3 is 12.1 Å². The number of rotatable bonds is 13. The minimum absolute atomic E-state index is 0.0432. The Balaban J connectivity index is 0.877. The molecule has 2 aliphatic carbocycles. The number of allylic oxidation sites excluding steroid dienone is 1. The number of aliphatic imine (C=N–C) groups is 1. The Bertz CT molecular complexity index is 2270. The summed E-state index contributed by atoms with van der Waals surface area (Å²) >= 11 is 0. The lowest BCUT2D eigenvalue weighted by molar-refractivity contribution is -0.151. The molecule has 3 fully saturated rings. The van der Waals surface area contributed by atoms with Crippen LogP contribution in [0.5, 0.6) is 0 Å². The number of halogens is 3. The first-order valence-corrected chi connectivity index (χ1v) is 20.6. The molecule has 2 saturated carbocycles. The monoisotopic (exact) mass is 822 g/mol. The van der Waals surface area contributed by atoms with Crippen molar-refractivity contribution in [1.29, 1.82) is 0 Å². The van der Waals surface area contributed by atoms with E-state index in [0.717, 1.165) is 77.4 Å². The van der Waals surface area contributed by atoms with Gasteiger partial charge in [0.15, 0.2) is 0 Å². The molecule has 2 amide bonds. The van der Waals surface area contributed by atoms with Crippen molar-refractivity contribution in [2.45, 2.75) is 76.7 Å². The fourth-order valence-corrected chi connectivity index (χ4v) is 9.76. The van der Waals surface area contributed by atoms with Crippen LogP contribution in [0.4, 0.5) is 13.2 Å². The molecule has 314 valence electrons. The number of pyridine rings is 1. The standard InChI is InChI=1S/C46H49F3N6O5/c1-26(59-2)35(21-40(56)60-3)45(58)55-18-4-5-38(55)43-52-25-37(54-43)31-13-11-29(12-14-31)28-7-9-30(10-8-28)34-20-36(50-24-34)41-32-15-16-33(19-32)42(41)44(57)53-23-27-6-17-39(51-22-27)46(47,48)49/h6-14,17,22,24-26,32-33,35,38,41-42H,4-5,15-16,18-21,23H2,1-3H3,(H,52,54)(H,53,57)/t26-,32?,33?,35+,38+,41+,42-/m1/s1. The first-order chi connectivity index (χ1) is 28.9. The van der Waals surface area contributed by atoms with Gasteiger partial charge in [-0.25, -0.2) is 4.98 Å². The fraction of sp³-hybridized carbons (Fsp3) is 0.435. The molecule has 2 aromatic heterocycles. The predicted octanol–water partition coefficient (Wildman–Crippen LogP) is 8.20. The van der Waals surface area contributed by atoms with Gasteiger partial charge in [0.05, 0.1) is 43.5 Å². The number of benzene rings is 2. The second-order valence-electron chi connectivity index (χ2n) is 16.5. The number of carbonyl (C=O) groups is 3. The topological polar surface area (TPSA) is 139 Å². The van der Waals surface area contributed by atoms with E-state index in [1.807, 2.05) is 18.3 Å². The number of nitrogens with one attached hydrogen (secondary N) is 2. The zero-order chi connectivity index (χ0) is 42.1. The number of aromatic amines is 1. The van der Waals surface area contributed by atoms with Crippen LogP contribution in [0.1, 0.15) is 80.6 Å². The number of H-pyrrole nitrogens is 1. The first-order valence-electron chi connectivity index (χ1n) is 20.6. The maximum absolute atomic E-state index is 13.7. The number of carbonyl (C=O) groups excluding carboxylic acids is 3. The van der Waals surface area contributed by atoms with Gasteiger partial charge in [0.25, 0.3) is 0 Å². The summed E-state index contributed by atoms with van der Waals surface area (Å²) in [7, 11) is 2.85. The maximum atomic E-state index is 13.7. The van der Waals surface area contributed by atoms with Crippen molar-refractivity contribution < 1.29 is 37.0 Å². The molecule has 14 heteroatoms. The minimum Gasteiger partial charge on any atom is -0.469 e. The van der Waals surface area contributed by atoms with E-state index in [-0.39, 0.29) is 48.6 Å². The summed E-state index contributed by atoms with van der Waals surface area (Å²) in [6.07, 6.45) is 5.20. The lowest BCUT2D eigenvalue weighted by atomic mass is 9.75. The maximum Gasteiger partial charge on any atom is 0.433 e. The van der Waals surface area contributed by atoms with Crippen LogP contribution in [0, 0.1) is 29.6 Å². The van der Waals surface area contributed by atoms with Crippen LogP contribution in [0.25, 0.3) is 28.0 Å². The highest BCUT2D eigenvalue weighted by molar-refractivity contribution is 6.02. The molecule has 2 aliphatic heterocycles. The van der Waals surface area contributed by atoms with E-state index < -0.39 is 29.9 Å². The summed E-state index contributed by atoms with van der Waals surface area (Å²) in [6, 6.07) is 18.7. The number of imidazole rings is 1. The van der Waals surface area contributed by atoms with E-state index in [9.17, 15) is 27.6 Å². The van der Waals surface area contributed by atoms with Crippen LogP contribution in [0.3, 0.4) is 0 Å². The van der Waals surface area contributed by atoms with Crippen LogP contribution in [0.15, 0.2) is 84.2 Å². The number of fused-ring (bicyclic) bond motifs is 2. The van der Waals surface area contributed by atoms with Crippen LogP contribution in [-0.2, 0) is 36.6 Å². The Morgan fingerprint density at radius 2 is 1.60 bits per heavy atom. The van der Waals surface area contributed by atoms with Crippen molar-refractivity contribution >= 4 is 29.1 Å². The van der Waals surface area contributed by atoms with Gasteiger partial charge in [-0.15, -0.1) is 0 Å². The normalized spacial score (nSPS) is 23.3. The molecule has 7 atom stereocenters. The number of likely N-dealkylation sites (tertiary alicyclic amines) is 1. The number of amides is 2. The molecule has 2 bridgehead atoms. The van der Waals surface area contributed by atoms with Crippen LogP contribution >= 0.6 is 0 Å². The number of methoxy groups -OCH3 is 2. The van der Waals surface area contributed by atoms with Gasteiger partial charge in [0.1, 0.15) is 11.5 Å². The quantitative estimate of drug-likeness (QED) is 0.130. The second kappa shape index (κ2) is 17.2. The second-order valence-corrected chi connectivity index (χ2v) is 16.5. The zero-order valence-corrected chi connectivity index (χ0v) is 33.9. The van der Waals surface area contributed by atoms with Gasteiger partial charge in [-0.1, -0.05) is 54.6 Å². The summed E-state index contributed by atoms with van der Waals surface area (Å²) < 4.78 is 49.2. The molecule has 2 aromatic carbocycles. The Labute approximate surface area is 346 Å². The van der Waals surface area contributed by atoms with Crippen molar-refractivity contribution in [3.05, 3.63) is 102 Å². The summed E-state index contributed by atoms with van der Waals surface area (Å²) in [5.41, 5.74) is 6.72. The van der Waals surface area contributed by atoms with E-state index in [1.54, 1.807) is 18.0 Å². The molecular weight excluding hydrogens is 774 g/mol. The van der Waals surface area contributed by atoms with Crippen LogP contribution < -0.4 is 5.32 Å². The Kier molecular flexibility index (Phi) is 11.8. The number of nitrogens with zero attached hydrogens (tertiary/aromatic N) is 4. The fourth-order valence-electron chi connectivity index (χ4n) is 9.76. The third kappa shape index (κ3) is 8.39. The van der Waals surface area contributed by atoms with Crippen molar-refractivity contribution in [2.24, 2.45) is 34.6 Å². The largest absolute Gasteiger partial charge is 0.469 e. The highest BCUT2D eigenvalue weighted by atomic mass is 19.4. The van der Waals surface area contributed by atoms with Gasteiger partial charge in [-0.3, -0.25) is 24.4 Å². The van der Waals surface area contributed by atoms with Crippen molar-refractivity contribution in [3.8, 4) is 22.4 Å². The number of aromatic nitrogens is 3. The Hall–Kier alpha value is -5.63. The molecule has 2 N–H and O–H groups in total. The molecule has 11 nitrogen and oxygen atoms in total. The third-order valence-corrected chi connectivity index (χ3v) is 13.0. The predicted molar refractivity (Wildman–Crippen MR) is 219 cm³/mol. The average molecular weight is 823 g/mol. The molecule has 4 aliphatic rings. The van der Waals surface area contributed by atoms with E-state index >= 15 is 0 Å². The summed E-state index contributed by atoms with van der Waals surface area (Å²) in [4.78, 5) is 57.7. The Morgan fingerprint density at radius 1 is 0.900 bits per heavy atom. The smallest absolute Gasteiger partial charge is 0.433 e. The van der Waals surface area contributed by atoms with Crippen LogP contribution in [0.2, 0.25) is 0 Å². The lowest BCUT2D eigenvalue weighted by Crippen LogP contribution is -2.41. The molecule has 8 rings (SSSR count). The highest BCUT2D eigenvalue weighted by Gasteiger charge is 2.52. The zero-order valence-electron chi connectivity index (χ0n) is 33.9. The van der Waals surface area contributed by atoms with Gasteiger partial charge in [0.2, 0.25) is 11.8 Å². The number of alkyl halides is 3. The van der Waals surface area contributed by atoms with Gasteiger partial charge in [0, 0.05) is 56.6 Å². The first kappa shape index (κ1) is 41.1. The van der Waals surface area contributed by atoms with Crippen molar-refractivity contribution in [1.82, 2.24) is 25.2 Å². The highest BCUT2D eigenvalue weighted by Crippen LogP contribution is 2.54. The van der Waals surface area contributed by atoms with E-state index in [0.29, 0.717) is 30.3 Å². The summed E-state index contributed by atoms with van der Waals surface area (Å²) in [6.45, 7) is 2.49. The Morgan fingerprint density at radius 3 is 2.27 bits per heavy atom. The van der Waals surface area contributed by atoms with E-state index in [2.05, 4.69) is 56.7 Å². The molecular formula is C46H49F3N6O5. The van der Waals surface area contributed by atoms with Crippen molar-refractivity contribution in [2.75, 3.05) is 20.8 Å². The van der Waals surface area contributed by atoms with Crippen LogP contribution in [-0.4, -0.2) is 70.2 Å². The number of hydrogen-bond acceptors (Lipinski definition) is 8. The van der Waals surface area contributed by atoms with E-state index in [4.69, 9.17) is 14.5 Å². The van der Waals surface area contributed by atoms with Gasteiger partial charge in [-0.2, -0.15) is 13.2 Å². The van der Waals surface area contributed by atoms with Crippen molar-refractivity contribution in [3.63, 3.8) is 0 Å². The molecule has 0 radical (unpaired) electrons. The molecule has 4 heterocycles. The molecule has 0 spiro atoms. The van der Waals surface area contributed by atoms with E-state index in [1.165, 1.54) is 26.5 Å². The lowest BCUT2D eigenvalue weighted by Gasteiger charge is -2.30. The average Bonchev–Trinajstić information content (AvgIpc) is 4.13. The molecule has 4 aromatic rings. The molecule has 2 unspecified atom stereocenters. The minimum atomic E-state index is -4.51. The number of hydrogen-bond donors (Lipinski definition) is 2. The number of esters is 1.